The van der Waals surface area contributed by atoms with Crippen molar-refractivity contribution in [2.45, 2.75) is 89.0 Å². The smallest absolute Gasteiger partial charge is 0.400 e. The van der Waals surface area contributed by atoms with Crippen molar-refractivity contribution >= 4 is 0 Å². The van der Waals surface area contributed by atoms with E-state index in [1.807, 2.05) is 13.0 Å². The maximum atomic E-state index is 15.1. The van der Waals surface area contributed by atoms with Crippen LogP contribution in [0.15, 0.2) is 30.3 Å². The van der Waals surface area contributed by atoms with Gasteiger partial charge in [0.25, 0.3) is 0 Å². The SMILES string of the molecule is CC1COC(c2ccc(C3CCC(C4CCC(C(F)(F)Oc5cc(F)c(C(F)(F)C(F)F)c(F)c5)CC4)CC3)c(F)c2)OC1. The van der Waals surface area contributed by atoms with Crippen molar-refractivity contribution in [3.05, 3.63) is 64.5 Å². The summed E-state index contributed by atoms with van der Waals surface area (Å²) >= 11 is 0. The fraction of sp³-hybridized carbons (Fsp3) is 0.625. The quantitative estimate of drug-likeness (QED) is 0.270. The largest absolute Gasteiger partial charge is 0.432 e. The molecule has 2 aromatic carbocycles. The maximum Gasteiger partial charge on any atom is 0.400 e. The lowest BCUT2D eigenvalue weighted by atomic mass is 9.68. The molecule has 5 rings (SSSR count). The summed E-state index contributed by atoms with van der Waals surface area (Å²) in [6, 6.07) is 5.25. The molecule has 44 heavy (non-hydrogen) atoms. The van der Waals surface area contributed by atoms with Gasteiger partial charge in [-0.25, -0.2) is 22.0 Å². The van der Waals surface area contributed by atoms with Crippen LogP contribution < -0.4 is 4.74 Å². The second-order valence-electron chi connectivity index (χ2n) is 12.5. The third-order valence-electron chi connectivity index (χ3n) is 9.36. The predicted octanol–water partition coefficient (Wildman–Crippen LogP) is 9.89. The summed E-state index contributed by atoms with van der Waals surface area (Å²) in [7, 11) is 0. The first-order valence-electron chi connectivity index (χ1n) is 15.0. The Balaban J connectivity index is 1.12. The van der Waals surface area contributed by atoms with Gasteiger partial charge < -0.3 is 14.2 Å². The van der Waals surface area contributed by atoms with E-state index >= 15 is 4.39 Å². The minimum atomic E-state index is -5.14. The van der Waals surface area contributed by atoms with Crippen LogP contribution in [0.1, 0.15) is 87.2 Å². The molecule has 0 N–H and O–H groups in total. The molecule has 0 spiro atoms. The van der Waals surface area contributed by atoms with E-state index < -0.39 is 53.6 Å². The highest BCUT2D eigenvalue weighted by Gasteiger charge is 2.49. The summed E-state index contributed by atoms with van der Waals surface area (Å²) < 4.78 is 141. The summed E-state index contributed by atoms with van der Waals surface area (Å²) in [5.74, 6) is -11.2. The second-order valence-corrected chi connectivity index (χ2v) is 12.5. The van der Waals surface area contributed by atoms with E-state index in [1.165, 1.54) is 6.07 Å². The van der Waals surface area contributed by atoms with Crippen LogP contribution >= 0.6 is 0 Å². The maximum absolute atomic E-state index is 15.1. The van der Waals surface area contributed by atoms with Crippen molar-refractivity contribution in [2.24, 2.45) is 23.7 Å². The zero-order valence-corrected chi connectivity index (χ0v) is 24.1. The molecule has 0 atom stereocenters. The van der Waals surface area contributed by atoms with E-state index in [-0.39, 0.29) is 48.5 Å². The molecule has 0 unspecified atom stereocenters. The molecule has 1 heterocycles. The Hall–Kier alpha value is -2.47. The minimum absolute atomic E-state index is 0.0513. The fourth-order valence-electron chi connectivity index (χ4n) is 6.92. The first-order valence-corrected chi connectivity index (χ1v) is 15.0. The zero-order chi connectivity index (χ0) is 31.8. The minimum Gasteiger partial charge on any atom is -0.432 e. The number of ether oxygens (including phenoxy) is 3. The second kappa shape index (κ2) is 13.1. The lowest BCUT2D eigenvalue weighted by Gasteiger charge is -2.39. The Morgan fingerprint density at radius 1 is 0.750 bits per heavy atom. The molecule has 1 aliphatic heterocycles. The van der Waals surface area contributed by atoms with Gasteiger partial charge in [-0.15, -0.1) is 0 Å². The van der Waals surface area contributed by atoms with Gasteiger partial charge in [-0.3, -0.25) is 0 Å². The molecule has 2 aliphatic carbocycles. The number of hydrogen-bond acceptors (Lipinski definition) is 3. The van der Waals surface area contributed by atoms with E-state index in [9.17, 15) is 35.1 Å². The summed E-state index contributed by atoms with van der Waals surface area (Å²) in [6.45, 7) is 3.11. The molecule has 0 bridgehead atoms. The van der Waals surface area contributed by atoms with Crippen LogP contribution in [0, 0.1) is 41.1 Å². The highest BCUT2D eigenvalue weighted by Crippen LogP contribution is 2.48. The predicted molar refractivity (Wildman–Crippen MR) is 142 cm³/mol. The third kappa shape index (κ3) is 7.00. The first kappa shape index (κ1) is 32.9. The Labute approximate surface area is 250 Å². The molecule has 0 radical (unpaired) electrons. The molecule has 3 nitrogen and oxygen atoms in total. The van der Waals surface area contributed by atoms with Gasteiger partial charge in [-0.1, -0.05) is 19.1 Å². The van der Waals surface area contributed by atoms with Gasteiger partial charge in [0.05, 0.1) is 24.7 Å². The first-order chi connectivity index (χ1) is 20.8. The van der Waals surface area contributed by atoms with E-state index in [1.54, 1.807) is 6.07 Å². The van der Waals surface area contributed by atoms with Crippen molar-refractivity contribution in [1.82, 2.24) is 0 Å². The summed E-state index contributed by atoms with van der Waals surface area (Å²) in [5.41, 5.74) is -0.905. The van der Waals surface area contributed by atoms with Crippen molar-refractivity contribution in [3.8, 4) is 5.75 Å². The lowest BCUT2D eigenvalue weighted by molar-refractivity contribution is -0.224. The van der Waals surface area contributed by atoms with E-state index in [0.29, 0.717) is 43.1 Å². The van der Waals surface area contributed by atoms with Crippen molar-refractivity contribution < 1.29 is 53.7 Å². The van der Waals surface area contributed by atoms with Crippen molar-refractivity contribution in [2.75, 3.05) is 13.2 Å². The van der Waals surface area contributed by atoms with Gasteiger partial charge in [0.1, 0.15) is 23.2 Å². The lowest BCUT2D eigenvalue weighted by Crippen LogP contribution is -2.38. The van der Waals surface area contributed by atoms with Gasteiger partial charge >= 0.3 is 18.5 Å². The molecule has 12 heteroatoms. The molecular weight excluding hydrogens is 603 g/mol. The van der Waals surface area contributed by atoms with Gasteiger partial charge in [0.15, 0.2) is 6.29 Å². The van der Waals surface area contributed by atoms with Crippen LogP contribution in [0.3, 0.4) is 0 Å². The molecule has 3 aliphatic rings. The summed E-state index contributed by atoms with van der Waals surface area (Å²) in [4.78, 5) is 0. The highest BCUT2D eigenvalue weighted by atomic mass is 19.3. The molecule has 3 fully saturated rings. The molecule has 1 saturated heterocycles. The third-order valence-corrected chi connectivity index (χ3v) is 9.36. The number of halogens is 9. The standard InChI is InChI=1S/C32H35F9O3/c1-17-15-42-29(43-16-17)21-8-11-24(25(33)12-21)20-4-2-18(3-5-20)19-6-9-22(10-7-19)32(40,41)44-23-13-26(34)28(27(35)14-23)31(38,39)30(36)37/h8,11-14,17-20,22,29-30H,2-7,9-10,15-16H2,1H3. The average Bonchev–Trinajstić information content (AvgIpc) is 2.97. The Kier molecular flexibility index (Phi) is 9.80. The number of benzene rings is 2. The topological polar surface area (TPSA) is 27.7 Å². The molecule has 2 saturated carbocycles. The monoisotopic (exact) mass is 638 g/mol. The molecule has 2 aromatic rings. The van der Waals surface area contributed by atoms with E-state index in [2.05, 4.69) is 4.74 Å². The molecular formula is C32H35F9O3. The molecule has 0 aromatic heterocycles. The van der Waals surface area contributed by atoms with Gasteiger partial charge in [0.2, 0.25) is 0 Å². The Morgan fingerprint density at radius 2 is 1.30 bits per heavy atom. The summed E-state index contributed by atoms with van der Waals surface area (Å²) in [6.07, 6.45) is -4.53. The van der Waals surface area contributed by atoms with Crippen LogP contribution in [0.25, 0.3) is 0 Å². The molecule has 244 valence electrons. The van der Waals surface area contributed by atoms with Crippen LogP contribution in [0.4, 0.5) is 39.5 Å². The van der Waals surface area contributed by atoms with Crippen LogP contribution in [0.5, 0.6) is 5.75 Å². The van der Waals surface area contributed by atoms with Gasteiger partial charge in [-0.2, -0.15) is 17.6 Å². The number of alkyl halides is 6. The fourth-order valence-corrected chi connectivity index (χ4v) is 6.92. The van der Waals surface area contributed by atoms with Crippen molar-refractivity contribution in [1.29, 1.82) is 0 Å². The summed E-state index contributed by atoms with van der Waals surface area (Å²) in [5, 5.41) is 0. The Morgan fingerprint density at radius 3 is 1.82 bits per heavy atom. The van der Waals surface area contributed by atoms with Gasteiger partial charge in [0, 0.05) is 23.6 Å². The van der Waals surface area contributed by atoms with Crippen LogP contribution in [-0.4, -0.2) is 25.7 Å². The van der Waals surface area contributed by atoms with Crippen LogP contribution in [-0.2, 0) is 15.4 Å². The van der Waals surface area contributed by atoms with Crippen molar-refractivity contribution in [3.63, 3.8) is 0 Å². The number of hydrogen-bond donors (Lipinski definition) is 0. The van der Waals surface area contributed by atoms with Gasteiger partial charge in [-0.05, 0) is 80.8 Å². The van der Waals surface area contributed by atoms with Crippen LogP contribution in [0.2, 0.25) is 0 Å². The van der Waals surface area contributed by atoms with E-state index in [4.69, 9.17) is 9.47 Å². The highest BCUT2D eigenvalue weighted by molar-refractivity contribution is 5.34. The Bertz CT molecular complexity index is 1260. The normalized spacial score (nSPS) is 28.7. The van der Waals surface area contributed by atoms with E-state index in [0.717, 1.165) is 25.7 Å². The number of rotatable bonds is 8. The average molecular weight is 639 g/mol. The molecule has 0 amide bonds. The zero-order valence-electron chi connectivity index (χ0n) is 24.1.